The van der Waals surface area contributed by atoms with E-state index in [1.807, 2.05) is 36.9 Å². The van der Waals surface area contributed by atoms with Crippen molar-refractivity contribution in [2.45, 2.75) is 39.7 Å². The molecule has 152 valence electrons. The van der Waals surface area contributed by atoms with Gasteiger partial charge in [-0.3, -0.25) is 9.79 Å². The molecule has 1 aromatic carbocycles. The second kappa shape index (κ2) is 12.8. The molecule has 2 rings (SSSR count). The monoisotopic (exact) mass is 487 g/mol. The Kier molecular flexibility index (Phi) is 11.2. The summed E-state index contributed by atoms with van der Waals surface area (Å²) in [6.45, 7) is 10.1. The van der Waals surface area contributed by atoms with Gasteiger partial charge < -0.3 is 20.9 Å². The van der Waals surface area contributed by atoms with Crippen LogP contribution in [0.3, 0.4) is 0 Å². The average Bonchev–Trinajstić information content (AvgIpc) is 3.10. The van der Waals surface area contributed by atoms with E-state index in [0.717, 1.165) is 57.2 Å². The molecule has 1 amide bonds. The molecule has 1 aliphatic rings. The average molecular weight is 487 g/mol. The third kappa shape index (κ3) is 8.36. The van der Waals surface area contributed by atoms with E-state index in [9.17, 15) is 4.79 Å². The summed E-state index contributed by atoms with van der Waals surface area (Å²) in [5.74, 6) is 1.15. The van der Waals surface area contributed by atoms with Crippen molar-refractivity contribution < 1.29 is 4.79 Å². The minimum atomic E-state index is 0. The Bertz CT molecular complexity index is 579. The molecule has 1 unspecified atom stereocenters. The Morgan fingerprint density at radius 3 is 2.70 bits per heavy atom. The molecule has 1 saturated heterocycles. The van der Waals surface area contributed by atoms with Gasteiger partial charge in [0.1, 0.15) is 0 Å². The molecule has 1 atom stereocenters. The zero-order valence-electron chi connectivity index (χ0n) is 16.7. The number of anilines is 1. The summed E-state index contributed by atoms with van der Waals surface area (Å²) in [5, 5.41) is 10.2. The molecule has 6 nitrogen and oxygen atoms in total. The van der Waals surface area contributed by atoms with Crippen LogP contribution in [0.15, 0.2) is 35.3 Å². The van der Waals surface area contributed by atoms with Crippen LogP contribution in [0.4, 0.5) is 5.69 Å². The maximum atomic E-state index is 12.1. The SMILES string of the molecule is CCNC(=NCCCNc1ccccc1)NC1CCN(C(=O)C(C)C)C1.I. The first kappa shape index (κ1) is 23.5. The number of carbonyl (C=O) groups excluding carboxylic acids is 1. The van der Waals surface area contributed by atoms with E-state index in [2.05, 4.69) is 40.0 Å². The Hall–Kier alpha value is -1.51. The number of nitrogens with one attached hydrogen (secondary N) is 3. The second-order valence-electron chi connectivity index (χ2n) is 6.98. The van der Waals surface area contributed by atoms with Crippen LogP contribution in [0.5, 0.6) is 0 Å². The number of rotatable bonds is 8. The second-order valence-corrected chi connectivity index (χ2v) is 6.98. The fraction of sp³-hybridized carbons (Fsp3) is 0.600. The summed E-state index contributed by atoms with van der Waals surface area (Å²) in [4.78, 5) is 18.7. The van der Waals surface area contributed by atoms with Gasteiger partial charge in [-0.1, -0.05) is 32.0 Å². The Morgan fingerprint density at radius 2 is 2.04 bits per heavy atom. The highest BCUT2D eigenvalue weighted by Gasteiger charge is 2.27. The molecular weight excluding hydrogens is 453 g/mol. The summed E-state index contributed by atoms with van der Waals surface area (Å²) < 4.78 is 0. The number of amides is 1. The number of carbonyl (C=O) groups is 1. The number of halogens is 1. The fourth-order valence-corrected chi connectivity index (χ4v) is 3.02. The van der Waals surface area contributed by atoms with Gasteiger partial charge in [0, 0.05) is 50.4 Å². The number of hydrogen-bond donors (Lipinski definition) is 3. The number of aliphatic imine (C=N–C) groups is 1. The highest BCUT2D eigenvalue weighted by atomic mass is 127. The molecule has 27 heavy (non-hydrogen) atoms. The highest BCUT2D eigenvalue weighted by molar-refractivity contribution is 14.0. The molecule has 1 fully saturated rings. The number of nitrogens with zero attached hydrogens (tertiary/aromatic N) is 2. The lowest BCUT2D eigenvalue weighted by Gasteiger charge is -2.20. The minimum Gasteiger partial charge on any atom is -0.385 e. The fourth-order valence-electron chi connectivity index (χ4n) is 3.02. The maximum Gasteiger partial charge on any atom is 0.225 e. The number of likely N-dealkylation sites (tertiary alicyclic amines) is 1. The third-order valence-corrected chi connectivity index (χ3v) is 4.39. The van der Waals surface area contributed by atoms with Gasteiger partial charge in [0.2, 0.25) is 5.91 Å². The molecule has 0 aliphatic carbocycles. The van der Waals surface area contributed by atoms with Crippen molar-refractivity contribution in [1.82, 2.24) is 15.5 Å². The number of benzene rings is 1. The van der Waals surface area contributed by atoms with Crippen LogP contribution in [0, 0.1) is 5.92 Å². The van der Waals surface area contributed by atoms with Gasteiger partial charge in [0.05, 0.1) is 0 Å². The first-order valence-corrected chi connectivity index (χ1v) is 9.72. The van der Waals surface area contributed by atoms with Gasteiger partial charge in [-0.25, -0.2) is 0 Å². The van der Waals surface area contributed by atoms with Crippen molar-refractivity contribution in [1.29, 1.82) is 0 Å². The largest absolute Gasteiger partial charge is 0.385 e. The van der Waals surface area contributed by atoms with E-state index in [-0.39, 0.29) is 41.8 Å². The van der Waals surface area contributed by atoms with Gasteiger partial charge in [-0.15, -0.1) is 24.0 Å². The number of para-hydroxylation sites is 1. The lowest BCUT2D eigenvalue weighted by molar-refractivity contribution is -0.133. The van der Waals surface area contributed by atoms with Gasteiger partial charge in [-0.05, 0) is 31.9 Å². The van der Waals surface area contributed by atoms with E-state index < -0.39 is 0 Å². The molecular formula is C20H34IN5O. The first-order valence-electron chi connectivity index (χ1n) is 9.72. The third-order valence-electron chi connectivity index (χ3n) is 4.39. The van der Waals surface area contributed by atoms with Crippen LogP contribution in [0.1, 0.15) is 33.6 Å². The van der Waals surface area contributed by atoms with E-state index in [4.69, 9.17) is 0 Å². The molecule has 3 N–H and O–H groups in total. The Balaban J connectivity index is 0.00000364. The normalized spacial score (nSPS) is 16.8. The summed E-state index contributed by atoms with van der Waals surface area (Å²) in [6, 6.07) is 10.5. The lowest BCUT2D eigenvalue weighted by Crippen LogP contribution is -2.45. The zero-order chi connectivity index (χ0) is 18.8. The molecule has 0 saturated carbocycles. The van der Waals surface area contributed by atoms with Gasteiger partial charge >= 0.3 is 0 Å². The van der Waals surface area contributed by atoms with Crippen LogP contribution >= 0.6 is 24.0 Å². The van der Waals surface area contributed by atoms with Gasteiger partial charge in [0.15, 0.2) is 5.96 Å². The number of guanidine groups is 1. The minimum absolute atomic E-state index is 0. The Morgan fingerprint density at radius 1 is 1.30 bits per heavy atom. The number of hydrogen-bond acceptors (Lipinski definition) is 3. The van der Waals surface area contributed by atoms with Crippen LogP contribution in [0.25, 0.3) is 0 Å². The van der Waals surface area contributed by atoms with Crippen LogP contribution in [-0.4, -0.2) is 55.5 Å². The van der Waals surface area contributed by atoms with Gasteiger partial charge in [0.25, 0.3) is 0 Å². The van der Waals surface area contributed by atoms with Crippen LogP contribution in [0.2, 0.25) is 0 Å². The molecule has 1 heterocycles. The molecule has 0 bridgehead atoms. The van der Waals surface area contributed by atoms with Gasteiger partial charge in [-0.2, -0.15) is 0 Å². The van der Waals surface area contributed by atoms with Crippen molar-refractivity contribution in [3.05, 3.63) is 30.3 Å². The van der Waals surface area contributed by atoms with Crippen molar-refractivity contribution >= 4 is 41.5 Å². The van der Waals surface area contributed by atoms with Crippen LogP contribution in [-0.2, 0) is 4.79 Å². The van der Waals surface area contributed by atoms with Crippen molar-refractivity contribution in [2.75, 3.05) is 38.0 Å². The predicted molar refractivity (Wildman–Crippen MR) is 124 cm³/mol. The molecule has 7 heteroatoms. The van der Waals surface area contributed by atoms with E-state index in [1.165, 1.54) is 0 Å². The van der Waals surface area contributed by atoms with Crippen molar-refractivity contribution in [3.8, 4) is 0 Å². The summed E-state index contributed by atoms with van der Waals surface area (Å²) in [7, 11) is 0. The first-order chi connectivity index (χ1) is 12.6. The molecule has 0 aromatic heterocycles. The van der Waals surface area contributed by atoms with E-state index in [0.29, 0.717) is 0 Å². The summed E-state index contributed by atoms with van der Waals surface area (Å²) >= 11 is 0. The smallest absolute Gasteiger partial charge is 0.225 e. The van der Waals surface area contributed by atoms with E-state index in [1.54, 1.807) is 0 Å². The zero-order valence-corrected chi connectivity index (χ0v) is 19.0. The molecule has 0 spiro atoms. The molecule has 0 radical (unpaired) electrons. The van der Waals surface area contributed by atoms with Crippen LogP contribution < -0.4 is 16.0 Å². The molecule has 1 aliphatic heterocycles. The maximum absolute atomic E-state index is 12.1. The van der Waals surface area contributed by atoms with Crippen molar-refractivity contribution in [3.63, 3.8) is 0 Å². The quantitative estimate of drug-likeness (QED) is 0.228. The highest BCUT2D eigenvalue weighted by Crippen LogP contribution is 2.12. The standard InChI is InChI=1S/C20H33N5O.HI/c1-4-21-20(23-13-8-12-22-17-9-6-5-7-10-17)24-18-11-14-25(15-18)19(26)16(2)3;/h5-7,9-10,16,18,22H,4,8,11-15H2,1-3H3,(H2,21,23,24);1H. The summed E-state index contributed by atoms with van der Waals surface area (Å²) in [6.07, 6.45) is 1.94. The topological polar surface area (TPSA) is 68.8 Å². The summed E-state index contributed by atoms with van der Waals surface area (Å²) in [5.41, 5.74) is 1.14. The Labute approximate surface area is 180 Å². The van der Waals surface area contributed by atoms with Crippen molar-refractivity contribution in [2.24, 2.45) is 10.9 Å². The predicted octanol–water partition coefficient (Wildman–Crippen LogP) is 2.92. The molecule has 1 aromatic rings. The van der Waals surface area contributed by atoms with E-state index >= 15 is 0 Å². The lowest BCUT2D eigenvalue weighted by atomic mass is 10.2.